The topological polar surface area (TPSA) is 73.6 Å². The van der Waals surface area contributed by atoms with E-state index in [0.29, 0.717) is 24.0 Å². The Kier molecular flexibility index (Phi) is 7.81. The van der Waals surface area contributed by atoms with E-state index in [-0.39, 0.29) is 6.61 Å². The van der Waals surface area contributed by atoms with Crippen LogP contribution in [0.3, 0.4) is 0 Å². The summed E-state index contributed by atoms with van der Waals surface area (Å²) in [6.07, 6.45) is 0. The number of nitrogens with one attached hydrogen (secondary N) is 1. The first-order chi connectivity index (χ1) is 9.93. The summed E-state index contributed by atoms with van der Waals surface area (Å²) in [4.78, 5) is 10.9. The summed E-state index contributed by atoms with van der Waals surface area (Å²) in [5, 5.41) is 3.39. The molecule has 0 aliphatic rings. The number of amides is 1. The Labute approximate surface area is 139 Å². The zero-order valence-electron chi connectivity index (χ0n) is 12.7. The maximum absolute atomic E-state index is 10.9. The van der Waals surface area contributed by atoms with Crippen molar-refractivity contribution in [2.45, 2.75) is 27.3 Å². The molecule has 6 heteroatoms. The minimum Gasteiger partial charge on any atom is -0.490 e. The summed E-state index contributed by atoms with van der Waals surface area (Å²) in [7, 11) is 0. The normalized spacial score (nSPS) is 10.7. The standard InChI is InChI=1S/C15H23IN2O3/c1-4-20-13-6-11(8-18-7-10(2)3)5-12(16)15(13)21-9-14(17)19/h5-6,10,18H,4,7-9H2,1-3H3,(H2,17,19). The second-order valence-corrected chi connectivity index (χ2v) is 6.28. The molecule has 0 heterocycles. The van der Waals surface area contributed by atoms with Gasteiger partial charge in [0.05, 0.1) is 10.2 Å². The fourth-order valence-corrected chi connectivity index (χ4v) is 2.60. The molecule has 1 aromatic rings. The summed E-state index contributed by atoms with van der Waals surface area (Å²) in [5.41, 5.74) is 6.24. The number of rotatable bonds is 9. The molecule has 0 aromatic heterocycles. The number of nitrogens with two attached hydrogens (primary N) is 1. The van der Waals surface area contributed by atoms with Crippen LogP contribution in [0.1, 0.15) is 26.3 Å². The van der Waals surface area contributed by atoms with Crippen LogP contribution in [0.5, 0.6) is 11.5 Å². The molecule has 3 N–H and O–H groups in total. The van der Waals surface area contributed by atoms with Gasteiger partial charge in [0, 0.05) is 6.54 Å². The second kappa shape index (κ2) is 9.09. The van der Waals surface area contributed by atoms with Crippen molar-refractivity contribution in [1.29, 1.82) is 0 Å². The van der Waals surface area contributed by atoms with Crippen LogP contribution in [0.4, 0.5) is 0 Å². The fourth-order valence-electron chi connectivity index (χ4n) is 1.77. The first kappa shape index (κ1) is 18.0. The van der Waals surface area contributed by atoms with Gasteiger partial charge in [0.15, 0.2) is 18.1 Å². The molecular weight excluding hydrogens is 383 g/mol. The average Bonchev–Trinajstić information content (AvgIpc) is 2.37. The zero-order chi connectivity index (χ0) is 15.8. The van der Waals surface area contributed by atoms with Crippen LogP contribution in [-0.4, -0.2) is 25.7 Å². The lowest BCUT2D eigenvalue weighted by atomic mass is 10.2. The molecular formula is C15H23IN2O3. The van der Waals surface area contributed by atoms with E-state index < -0.39 is 5.91 Å². The molecule has 1 rings (SSSR count). The fraction of sp³-hybridized carbons (Fsp3) is 0.533. The Morgan fingerprint density at radius 3 is 2.67 bits per heavy atom. The van der Waals surface area contributed by atoms with Gasteiger partial charge in [0.25, 0.3) is 5.91 Å². The molecule has 1 amide bonds. The van der Waals surface area contributed by atoms with Gasteiger partial charge >= 0.3 is 0 Å². The zero-order valence-corrected chi connectivity index (χ0v) is 14.9. The Bertz CT molecular complexity index is 478. The highest BCUT2D eigenvalue weighted by Gasteiger charge is 2.13. The van der Waals surface area contributed by atoms with Gasteiger partial charge in [-0.2, -0.15) is 0 Å². The maximum atomic E-state index is 10.9. The van der Waals surface area contributed by atoms with Gasteiger partial charge in [-0.1, -0.05) is 13.8 Å². The first-order valence-corrected chi connectivity index (χ1v) is 8.09. The molecule has 0 bridgehead atoms. The summed E-state index contributed by atoms with van der Waals surface area (Å²) in [5.74, 6) is 1.32. The lowest BCUT2D eigenvalue weighted by Crippen LogP contribution is -2.21. The predicted molar refractivity (Wildman–Crippen MR) is 91.6 cm³/mol. The third-order valence-corrected chi connectivity index (χ3v) is 3.41. The van der Waals surface area contributed by atoms with E-state index in [0.717, 1.165) is 22.2 Å². The van der Waals surface area contributed by atoms with Crippen molar-refractivity contribution >= 4 is 28.5 Å². The minimum atomic E-state index is -0.504. The monoisotopic (exact) mass is 406 g/mol. The maximum Gasteiger partial charge on any atom is 0.255 e. The number of carbonyl (C=O) groups is 1. The number of primary amides is 1. The summed E-state index contributed by atoms with van der Waals surface area (Å²) in [6.45, 7) is 8.36. The molecule has 0 aliphatic carbocycles. The molecule has 0 atom stereocenters. The predicted octanol–water partition coefficient (Wildman–Crippen LogP) is 2.30. The number of ether oxygens (including phenoxy) is 2. The Morgan fingerprint density at radius 1 is 1.38 bits per heavy atom. The van der Waals surface area contributed by atoms with Crippen LogP contribution >= 0.6 is 22.6 Å². The minimum absolute atomic E-state index is 0.152. The van der Waals surface area contributed by atoms with E-state index >= 15 is 0 Å². The summed E-state index contributed by atoms with van der Waals surface area (Å²) < 4.78 is 12.0. The molecule has 0 fully saturated rings. The smallest absolute Gasteiger partial charge is 0.255 e. The van der Waals surface area contributed by atoms with Crippen molar-refractivity contribution in [2.75, 3.05) is 19.8 Å². The second-order valence-electron chi connectivity index (χ2n) is 5.12. The average molecular weight is 406 g/mol. The van der Waals surface area contributed by atoms with E-state index in [4.69, 9.17) is 15.2 Å². The van der Waals surface area contributed by atoms with Crippen molar-refractivity contribution < 1.29 is 14.3 Å². The van der Waals surface area contributed by atoms with Crippen LogP contribution < -0.4 is 20.5 Å². The van der Waals surface area contributed by atoms with E-state index in [1.165, 1.54) is 0 Å². The van der Waals surface area contributed by atoms with Crippen molar-refractivity contribution in [3.05, 3.63) is 21.3 Å². The molecule has 118 valence electrons. The van der Waals surface area contributed by atoms with Gasteiger partial charge < -0.3 is 20.5 Å². The highest BCUT2D eigenvalue weighted by atomic mass is 127. The van der Waals surface area contributed by atoms with Crippen molar-refractivity contribution in [3.8, 4) is 11.5 Å². The van der Waals surface area contributed by atoms with Crippen molar-refractivity contribution in [3.63, 3.8) is 0 Å². The van der Waals surface area contributed by atoms with Gasteiger partial charge in [0.1, 0.15) is 0 Å². The Morgan fingerprint density at radius 2 is 2.10 bits per heavy atom. The molecule has 5 nitrogen and oxygen atoms in total. The molecule has 0 spiro atoms. The highest BCUT2D eigenvalue weighted by Crippen LogP contribution is 2.34. The molecule has 21 heavy (non-hydrogen) atoms. The van der Waals surface area contributed by atoms with Gasteiger partial charge in [-0.15, -0.1) is 0 Å². The summed E-state index contributed by atoms with van der Waals surface area (Å²) in [6, 6.07) is 3.96. The van der Waals surface area contributed by atoms with E-state index in [2.05, 4.69) is 41.8 Å². The van der Waals surface area contributed by atoms with Crippen LogP contribution in [0.15, 0.2) is 12.1 Å². The van der Waals surface area contributed by atoms with Gasteiger partial charge in [-0.05, 0) is 59.7 Å². The first-order valence-electron chi connectivity index (χ1n) is 7.01. The van der Waals surface area contributed by atoms with Crippen LogP contribution in [-0.2, 0) is 11.3 Å². The number of benzene rings is 1. The molecule has 0 saturated heterocycles. The van der Waals surface area contributed by atoms with Gasteiger partial charge in [0.2, 0.25) is 0 Å². The van der Waals surface area contributed by atoms with E-state index in [1.807, 2.05) is 19.1 Å². The molecule has 1 aromatic carbocycles. The lowest BCUT2D eigenvalue weighted by molar-refractivity contribution is -0.119. The number of carbonyl (C=O) groups excluding carboxylic acids is 1. The van der Waals surface area contributed by atoms with Gasteiger partial charge in [-0.25, -0.2) is 0 Å². The molecule has 0 aliphatic heterocycles. The Hall–Kier alpha value is -1.02. The lowest BCUT2D eigenvalue weighted by Gasteiger charge is -2.15. The van der Waals surface area contributed by atoms with Crippen molar-refractivity contribution in [2.24, 2.45) is 11.7 Å². The van der Waals surface area contributed by atoms with Crippen LogP contribution in [0, 0.1) is 9.49 Å². The van der Waals surface area contributed by atoms with Crippen LogP contribution in [0.2, 0.25) is 0 Å². The third kappa shape index (κ3) is 6.52. The largest absolute Gasteiger partial charge is 0.490 e. The number of halogens is 1. The number of hydrogen-bond acceptors (Lipinski definition) is 4. The Balaban J connectivity index is 2.86. The van der Waals surface area contributed by atoms with Crippen molar-refractivity contribution in [1.82, 2.24) is 5.32 Å². The third-order valence-electron chi connectivity index (χ3n) is 2.61. The molecule has 0 radical (unpaired) electrons. The highest BCUT2D eigenvalue weighted by molar-refractivity contribution is 14.1. The summed E-state index contributed by atoms with van der Waals surface area (Å²) >= 11 is 2.18. The van der Waals surface area contributed by atoms with Crippen LogP contribution in [0.25, 0.3) is 0 Å². The molecule has 0 unspecified atom stereocenters. The van der Waals surface area contributed by atoms with Gasteiger partial charge in [-0.3, -0.25) is 4.79 Å². The molecule has 0 saturated carbocycles. The SMILES string of the molecule is CCOc1cc(CNCC(C)C)cc(I)c1OCC(N)=O. The number of hydrogen-bond donors (Lipinski definition) is 2. The van der Waals surface area contributed by atoms with E-state index in [1.54, 1.807) is 0 Å². The quantitative estimate of drug-likeness (QED) is 0.618. The van der Waals surface area contributed by atoms with E-state index in [9.17, 15) is 4.79 Å².